The Morgan fingerprint density at radius 1 is 1.32 bits per heavy atom. The third kappa shape index (κ3) is 3.44. The number of aryl methyl sites for hydroxylation is 1. The first-order chi connectivity index (χ1) is 11.7. The van der Waals surface area contributed by atoms with Gasteiger partial charge in [0.25, 0.3) is 5.91 Å². The molecule has 3 N–H and O–H groups in total. The molecular weight excluding hydrogens is 336 g/mol. The second-order valence-corrected chi connectivity index (χ2v) is 7.03. The lowest BCUT2D eigenvalue weighted by Crippen LogP contribution is -2.42. The fourth-order valence-electron chi connectivity index (χ4n) is 3.62. The van der Waals surface area contributed by atoms with Gasteiger partial charge >= 0.3 is 0 Å². The predicted octanol–water partition coefficient (Wildman–Crippen LogP) is 2.56. The zero-order valence-electron chi connectivity index (χ0n) is 14.5. The molecule has 1 fully saturated rings. The molecule has 0 saturated heterocycles. The summed E-state index contributed by atoms with van der Waals surface area (Å²) in [7, 11) is 0. The molecule has 1 unspecified atom stereocenters. The summed E-state index contributed by atoms with van der Waals surface area (Å²) >= 11 is 0. The number of fused-ring (bicyclic) bond motifs is 1. The second kappa shape index (κ2) is 7.18. The smallest absolute Gasteiger partial charge is 0.272 e. The van der Waals surface area contributed by atoms with E-state index in [1.807, 2.05) is 4.68 Å². The molecule has 1 atom stereocenters. The molecule has 1 amide bonds. The van der Waals surface area contributed by atoms with Gasteiger partial charge < -0.3 is 11.1 Å². The summed E-state index contributed by atoms with van der Waals surface area (Å²) < 4.78 is 1.95. The molecule has 0 radical (unpaired) electrons. The van der Waals surface area contributed by atoms with Crippen LogP contribution in [-0.4, -0.2) is 28.3 Å². The molecule has 1 aromatic heterocycles. The van der Waals surface area contributed by atoms with Gasteiger partial charge in [0.1, 0.15) is 0 Å². The zero-order valence-corrected chi connectivity index (χ0v) is 15.3. The minimum atomic E-state index is -0.0682. The van der Waals surface area contributed by atoms with Crippen molar-refractivity contribution in [2.45, 2.75) is 45.1 Å². The number of rotatable bonds is 5. The molecule has 4 rings (SSSR count). The zero-order chi connectivity index (χ0) is 16.7. The van der Waals surface area contributed by atoms with Gasteiger partial charge in [0.2, 0.25) is 0 Å². The first-order valence-electron chi connectivity index (χ1n) is 8.86. The predicted molar refractivity (Wildman–Crippen MR) is 101 cm³/mol. The number of benzene rings is 1. The molecule has 134 valence electrons. The summed E-state index contributed by atoms with van der Waals surface area (Å²) in [6.45, 7) is 2.57. The quantitative estimate of drug-likeness (QED) is 0.860. The van der Waals surface area contributed by atoms with E-state index in [-0.39, 0.29) is 24.4 Å². The Labute approximate surface area is 154 Å². The highest BCUT2D eigenvalue weighted by atomic mass is 35.5. The molecule has 0 bridgehead atoms. The monoisotopic (exact) mass is 360 g/mol. The molecule has 0 aliphatic heterocycles. The van der Waals surface area contributed by atoms with Gasteiger partial charge in [0, 0.05) is 23.8 Å². The summed E-state index contributed by atoms with van der Waals surface area (Å²) in [6, 6.07) is 8.37. The van der Waals surface area contributed by atoms with E-state index in [0.29, 0.717) is 18.2 Å². The van der Waals surface area contributed by atoms with Gasteiger partial charge in [0.05, 0.1) is 5.69 Å². The average molecular weight is 361 g/mol. The molecule has 2 aliphatic rings. The van der Waals surface area contributed by atoms with Crippen molar-refractivity contribution >= 4 is 18.3 Å². The van der Waals surface area contributed by atoms with Gasteiger partial charge in [-0.05, 0) is 57.1 Å². The SMILES string of the molecule is Cc1ccc(-n2nc(C(=O)NC(CN)C3CC3)c3c2CCC3)cc1.Cl. The van der Waals surface area contributed by atoms with Crippen LogP contribution in [0.15, 0.2) is 24.3 Å². The number of carbonyl (C=O) groups is 1. The van der Waals surface area contributed by atoms with Crippen molar-refractivity contribution in [3.63, 3.8) is 0 Å². The first kappa shape index (κ1) is 18.0. The fourth-order valence-corrected chi connectivity index (χ4v) is 3.62. The number of hydrogen-bond donors (Lipinski definition) is 2. The van der Waals surface area contributed by atoms with Crippen LogP contribution in [0.1, 0.15) is 46.6 Å². The van der Waals surface area contributed by atoms with Crippen molar-refractivity contribution in [1.82, 2.24) is 15.1 Å². The van der Waals surface area contributed by atoms with Gasteiger partial charge in [-0.15, -0.1) is 12.4 Å². The van der Waals surface area contributed by atoms with Crippen molar-refractivity contribution < 1.29 is 4.79 Å². The summed E-state index contributed by atoms with van der Waals surface area (Å²) in [4.78, 5) is 12.8. The molecule has 25 heavy (non-hydrogen) atoms. The summed E-state index contributed by atoms with van der Waals surface area (Å²) in [6.07, 6.45) is 5.32. The Hall–Kier alpha value is -1.85. The maximum atomic E-state index is 12.8. The van der Waals surface area contributed by atoms with Crippen LogP contribution in [0, 0.1) is 12.8 Å². The van der Waals surface area contributed by atoms with E-state index in [2.05, 4.69) is 41.6 Å². The molecule has 1 heterocycles. The van der Waals surface area contributed by atoms with Gasteiger partial charge in [-0.3, -0.25) is 4.79 Å². The number of aromatic nitrogens is 2. The first-order valence-corrected chi connectivity index (χ1v) is 8.86. The molecular formula is C19H25ClN4O. The van der Waals surface area contributed by atoms with E-state index in [4.69, 9.17) is 5.73 Å². The summed E-state index contributed by atoms with van der Waals surface area (Å²) in [5, 5.41) is 7.77. The largest absolute Gasteiger partial charge is 0.346 e. The van der Waals surface area contributed by atoms with Gasteiger partial charge in [-0.2, -0.15) is 5.10 Å². The molecule has 2 aromatic rings. The topological polar surface area (TPSA) is 72.9 Å². The van der Waals surface area contributed by atoms with Gasteiger partial charge in [0.15, 0.2) is 5.69 Å². The van der Waals surface area contributed by atoms with Gasteiger partial charge in [-0.1, -0.05) is 17.7 Å². The molecule has 0 spiro atoms. The van der Waals surface area contributed by atoms with Crippen molar-refractivity contribution in [2.75, 3.05) is 6.54 Å². The second-order valence-electron chi connectivity index (χ2n) is 7.03. The third-order valence-corrected chi connectivity index (χ3v) is 5.19. The number of carbonyl (C=O) groups excluding carboxylic acids is 1. The third-order valence-electron chi connectivity index (χ3n) is 5.19. The highest BCUT2D eigenvalue weighted by molar-refractivity contribution is 5.94. The molecule has 1 aromatic carbocycles. The maximum Gasteiger partial charge on any atom is 0.272 e. The molecule has 2 aliphatic carbocycles. The van der Waals surface area contributed by atoms with Crippen molar-refractivity contribution in [2.24, 2.45) is 11.7 Å². The lowest BCUT2D eigenvalue weighted by molar-refractivity contribution is 0.0927. The van der Waals surface area contributed by atoms with Crippen LogP contribution >= 0.6 is 12.4 Å². The maximum absolute atomic E-state index is 12.8. The Bertz CT molecular complexity index is 764. The lowest BCUT2D eigenvalue weighted by atomic mass is 10.1. The van der Waals surface area contributed by atoms with Crippen LogP contribution in [0.25, 0.3) is 5.69 Å². The number of hydrogen-bond acceptors (Lipinski definition) is 3. The van der Waals surface area contributed by atoms with Crippen LogP contribution in [-0.2, 0) is 12.8 Å². The average Bonchev–Trinajstić information content (AvgIpc) is 3.20. The number of nitrogens with two attached hydrogens (primary N) is 1. The Kier molecular flexibility index (Phi) is 5.16. The van der Waals surface area contributed by atoms with E-state index in [1.165, 1.54) is 11.3 Å². The van der Waals surface area contributed by atoms with Crippen LogP contribution in [0.5, 0.6) is 0 Å². The Morgan fingerprint density at radius 2 is 2.04 bits per heavy atom. The van der Waals surface area contributed by atoms with E-state index >= 15 is 0 Å². The van der Waals surface area contributed by atoms with Crippen molar-refractivity contribution in [3.8, 4) is 5.69 Å². The summed E-state index contributed by atoms with van der Waals surface area (Å²) in [5.41, 5.74) is 10.9. The van der Waals surface area contributed by atoms with Crippen LogP contribution in [0.2, 0.25) is 0 Å². The standard InChI is InChI=1S/C19H24N4O.ClH/c1-12-5-9-14(10-6-12)23-17-4-2-3-15(17)18(22-23)19(24)21-16(11-20)13-7-8-13;/h5-6,9-10,13,16H,2-4,7-8,11,20H2,1H3,(H,21,24);1H. The fraction of sp³-hybridized carbons (Fsp3) is 0.474. The van der Waals surface area contributed by atoms with Crippen LogP contribution in [0.3, 0.4) is 0 Å². The number of halogens is 1. The number of nitrogens with zero attached hydrogens (tertiary/aromatic N) is 2. The molecule has 6 heteroatoms. The van der Waals surface area contributed by atoms with E-state index in [0.717, 1.165) is 43.4 Å². The molecule has 5 nitrogen and oxygen atoms in total. The molecule has 1 saturated carbocycles. The Balaban J connectivity index is 0.00000182. The highest BCUT2D eigenvalue weighted by Crippen LogP contribution is 2.33. The van der Waals surface area contributed by atoms with E-state index < -0.39 is 0 Å². The van der Waals surface area contributed by atoms with E-state index in [9.17, 15) is 4.79 Å². The minimum Gasteiger partial charge on any atom is -0.346 e. The summed E-state index contributed by atoms with van der Waals surface area (Å²) in [5.74, 6) is 0.479. The van der Waals surface area contributed by atoms with Gasteiger partial charge in [-0.25, -0.2) is 4.68 Å². The lowest BCUT2D eigenvalue weighted by Gasteiger charge is -2.15. The Morgan fingerprint density at radius 3 is 2.68 bits per heavy atom. The highest BCUT2D eigenvalue weighted by Gasteiger charge is 2.33. The number of nitrogens with one attached hydrogen (secondary N) is 1. The van der Waals surface area contributed by atoms with Crippen LogP contribution in [0.4, 0.5) is 0 Å². The minimum absolute atomic E-state index is 0. The number of amides is 1. The van der Waals surface area contributed by atoms with E-state index in [1.54, 1.807) is 0 Å². The van der Waals surface area contributed by atoms with Crippen molar-refractivity contribution in [1.29, 1.82) is 0 Å². The normalized spacial score (nSPS) is 16.9. The van der Waals surface area contributed by atoms with Crippen LogP contribution < -0.4 is 11.1 Å². The van der Waals surface area contributed by atoms with Crippen molar-refractivity contribution in [3.05, 3.63) is 46.8 Å².